The van der Waals surface area contributed by atoms with E-state index >= 15 is 0 Å². The van der Waals surface area contributed by atoms with E-state index in [0.717, 1.165) is 31.0 Å². The zero-order valence-electron chi connectivity index (χ0n) is 12.9. The van der Waals surface area contributed by atoms with Gasteiger partial charge in [-0.1, -0.05) is 13.8 Å². The smallest absolute Gasteiger partial charge is 0.123 e. The van der Waals surface area contributed by atoms with E-state index in [0.29, 0.717) is 6.04 Å². The van der Waals surface area contributed by atoms with Gasteiger partial charge in [-0.05, 0) is 37.6 Å². The van der Waals surface area contributed by atoms with Crippen molar-refractivity contribution >= 4 is 17.4 Å². The minimum atomic E-state index is -0.153. The highest BCUT2D eigenvalue weighted by molar-refractivity contribution is 8.00. The van der Waals surface area contributed by atoms with Crippen molar-refractivity contribution < 1.29 is 4.39 Å². The molecule has 1 aromatic rings. The summed E-state index contributed by atoms with van der Waals surface area (Å²) in [6.07, 6.45) is 0. The van der Waals surface area contributed by atoms with Gasteiger partial charge >= 0.3 is 0 Å². The fourth-order valence-electron chi connectivity index (χ4n) is 2.54. The normalized spacial score (nSPS) is 18.6. The summed E-state index contributed by atoms with van der Waals surface area (Å²) in [6, 6.07) is 5.57. The third-order valence-electron chi connectivity index (χ3n) is 3.51. The van der Waals surface area contributed by atoms with Gasteiger partial charge in [0.1, 0.15) is 5.82 Å². The predicted octanol–water partition coefficient (Wildman–Crippen LogP) is 3.66. The Morgan fingerprint density at radius 3 is 2.80 bits per heavy atom. The minimum absolute atomic E-state index is 0.153. The molecule has 20 heavy (non-hydrogen) atoms. The maximum Gasteiger partial charge on any atom is 0.123 e. The first-order chi connectivity index (χ1) is 9.37. The van der Waals surface area contributed by atoms with Crippen LogP contribution in [0.5, 0.6) is 0 Å². The second kappa shape index (κ2) is 6.35. The standard InChI is InChI=1S/C16H25FN2S/c1-12(2)18-10-13-9-14(17)5-6-15(13)19-7-8-20-16(3,4)11-19/h5-6,9,12,18H,7-8,10-11H2,1-4H3. The summed E-state index contributed by atoms with van der Waals surface area (Å²) in [4.78, 5) is 2.40. The molecule has 0 radical (unpaired) electrons. The quantitative estimate of drug-likeness (QED) is 0.913. The van der Waals surface area contributed by atoms with E-state index in [4.69, 9.17) is 0 Å². The second-order valence-electron chi connectivity index (χ2n) is 6.34. The second-order valence-corrected chi connectivity index (χ2v) is 8.14. The average molecular weight is 296 g/mol. The molecule has 1 aliphatic heterocycles. The lowest BCUT2D eigenvalue weighted by Gasteiger charge is -2.39. The molecule has 0 amide bonds. The average Bonchev–Trinajstić information content (AvgIpc) is 2.35. The molecule has 1 fully saturated rings. The molecule has 1 N–H and O–H groups in total. The maximum atomic E-state index is 13.5. The summed E-state index contributed by atoms with van der Waals surface area (Å²) in [7, 11) is 0. The van der Waals surface area contributed by atoms with Crippen LogP contribution in [0.25, 0.3) is 0 Å². The number of thioether (sulfide) groups is 1. The third kappa shape index (κ3) is 4.13. The molecule has 1 heterocycles. The number of benzene rings is 1. The highest BCUT2D eigenvalue weighted by Crippen LogP contribution is 2.33. The lowest BCUT2D eigenvalue weighted by atomic mass is 10.1. The molecule has 0 saturated carbocycles. The van der Waals surface area contributed by atoms with Gasteiger partial charge in [0.25, 0.3) is 0 Å². The lowest BCUT2D eigenvalue weighted by Crippen LogP contribution is -2.43. The van der Waals surface area contributed by atoms with Crippen LogP contribution in [0.1, 0.15) is 33.3 Å². The Balaban J connectivity index is 2.21. The molecule has 112 valence electrons. The van der Waals surface area contributed by atoms with E-state index in [1.165, 1.54) is 5.69 Å². The van der Waals surface area contributed by atoms with Crippen LogP contribution in [-0.4, -0.2) is 29.6 Å². The van der Waals surface area contributed by atoms with Gasteiger partial charge in [0.05, 0.1) is 0 Å². The Labute approximate surface area is 126 Å². The molecule has 1 aliphatic rings. The summed E-state index contributed by atoms with van der Waals surface area (Å²) in [5.74, 6) is 0.974. The molecule has 0 spiro atoms. The fourth-order valence-corrected chi connectivity index (χ4v) is 3.65. The minimum Gasteiger partial charge on any atom is -0.369 e. The Bertz CT molecular complexity index is 460. The first kappa shape index (κ1) is 15.6. The predicted molar refractivity (Wildman–Crippen MR) is 87.1 cm³/mol. The zero-order chi connectivity index (χ0) is 14.8. The highest BCUT2D eigenvalue weighted by atomic mass is 32.2. The number of hydrogen-bond acceptors (Lipinski definition) is 3. The molecule has 4 heteroatoms. The van der Waals surface area contributed by atoms with Crippen molar-refractivity contribution in [2.75, 3.05) is 23.7 Å². The van der Waals surface area contributed by atoms with Gasteiger partial charge in [-0.15, -0.1) is 0 Å². The number of anilines is 1. The number of nitrogens with one attached hydrogen (secondary N) is 1. The van der Waals surface area contributed by atoms with Crippen LogP contribution in [0.3, 0.4) is 0 Å². The van der Waals surface area contributed by atoms with Gasteiger partial charge in [0.15, 0.2) is 0 Å². The molecular weight excluding hydrogens is 271 g/mol. The van der Waals surface area contributed by atoms with Gasteiger partial charge in [-0.3, -0.25) is 0 Å². The van der Waals surface area contributed by atoms with E-state index in [-0.39, 0.29) is 10.6 Å². The number of halogens is 1. The zero-order valence-corrected chi connectivity index (χ0v) is 13.7. The van der Waals surface area contributed by atoms with Crippen molar-refractivity contribution in [1.29, 1.82) is 0 Å². The molecule has 2 nitrogen and oxygen atoms in total. The molecule has 2 rings (SSSR count). The Hall–Kier alpha value is -0.740. The van der Waals surface area contributed by atoms with Crippen LogP contribution in [0.4, 0.5) is 10.1 Å². The van der Waals surface area contributed by atoms with E-state index in [1.807, 2.05) is 17.8 Å². The SMILES string of the molecule is CC(C)NCc1cc(F)ccc1N1CCSC(C)(C)C1. The van der Waals surface area contributed by atoms with Crippen molar-refractivity contribution in [3.8, 4) is 0 Å². The first-order valence-electron chi connectivity index (χ1n) is 7.28. The van der Waals surface area contributed by atoms with Crippen LogP contribution in [-0.2, 0) is 6.54 Å². The van der Waals surface area contributed by atoms with Gasteiger partial charge < -0.3 is 10.2 Å². The Morgan fingerprint density at radius 1 is 1.40 bits per heavy atom. The van der Waals surface area contributed by atoms with Crippen molar-refractivity contribution in [3.05, 3.63) is 29.6 Å². The Morgan fingerprint density at radius 2 is 2.15 bits per heavy atom. The lowest BCUT2D eigenvalue weighted by molar-refractivity contribution is 0.577. The van der Waals surface area contributed by atoms with Crippen molar-refractivity contribution in [3.63, 3.8) is 0 Å². The molecule has 1 aromatic carbocycles. The maximum absolute atomic E-state index is 13.5. The summed E-state index contributed by atoms with van der Waals surface area (Å²) < 4.78 is 13.8. The summed E-state index contributed by atoms with van der Waals surface area (Å²) in [5.41, 5.74) is 2.23. The van der Waals surface area contributed by atoms with E-state index in [1.54, 1.807) is 12.1 Å². The van der Waals surface area contributed by atoms with Gasteiger partial charge in [-0.2, -0.15) is 11.8 Å². The van der Waals surface area contributed by atoms with Crippen molar-refractivity contribution in [1.82, 2.24) is 5.32 Å². The van der Waals surface area contributed by atoms with Crippen LogP contribution in [0.15, 0.2) is 18.2 Å². The van der Waals surface area contributed by atoms with Gasteiger partial charge in [0.2, 0.25) is 0 Å². The molecule has 0 unspecified atom stereocenters. The highest BCUT2D eigenvalue weighted by Gasteiger charge is 2.28. The van der Waals surface area contributed by atoms with E-state index < -0.39 is 0 Å². The largest absolute Gasteiger partial charge is 0.369 e. The molecule has 0 aromatic heterocycles. The third-order valence-corrected chi connectivity index (χ3v) is 4.81. The van der Waals surface area contributed by atoms with Crippen molar-refractivity contribution in [2.45, 2.75) is 45.0 Å². The molecule has 0 aliphatic carbocycles. The summed E-state index contributed by atoms with van der Waals surface area (Å²) in [6.45, 7) is 11.5. The summed E-state index contributed by atoms with van der Waals surface area (Å²) in [5, 5.41) is 3.39. The monoisotopic (exact) mass is 296 g/mol. The van der Waals surface area contributed by atoms with E-state index in [2.05, 4.69) is 37.9 Å². The van der Waals surface area contributed by atoms with Crippen LogP contribution in [0.2, 0.25) is 0 Å². The fraction of sp³-hybridized carbons (Fsp3) is 0.625. The van der Waals surface area contributed by atoms with Crippen LogP contribution >= 0.6 is 11.8 Å². The topological polar surface area (TPSA) is 15.3 Å². The van der Waals surface area contributed by atoms with Gasteiger partial charge in [0, 0.05) is 41.9 Å². The van der Waals surface area contributed by atoms with Gasteiger partial charge in [-0.25, -0.2) is 4.39 Å². The molecule has 1 saturated heterocycles. The molecular formula is C16H25FN2S. The first-order valence-corrected chi connectivity index (χ1v) is 8.27. The number of nitrogens with zero attached hydrogens (tertiary/aromatic N) is 1. The van der Waals surface area contributed by atoms with E-state index in [9.17, 15) is 4.39 Å². The summed E-state index contributed by atoms with van der Waals surface area (Å²) >= 11 is 2.01. The molecule has 0 bridgehead atoms. The van der Waals surface area contributed by atoms with Crippen LogP contribution < -0.4 is 10.2 Å². The van der Waals surface area contributed by atoms with Crippen LogP contribution in [0, 0.1) is 5.82 Å². The number of rotatable bonds is 4. The molecule has 0 atom stereocenters. The Kier molecular flexibility index (Phi) is 4.97. The number of hydrogen-bond donors (Lipinski definition) is 1. The van der Waals surface area contributed by atoms with Crippen molar-refractivity contribution in [2.24, 2.45) is 0 Å².